The smallest absolute Gasteiger partial charge is 0.317 e. The zero-order chi connectivity index (χ0) is 21.0. The lowest BCUT2D eigenvalue weighted by atomic mass is 10.2. The van der Waals surface area contributed by atoms with Crippen LogP contribution in [-0.2, 0) is 27.8 Å². The first-order valence-electron chi connectivity index (χ1n) is 8.87. The summed E-state index contributed by atoms with van der Waals surface area (Å²) < 4.78 is 32.2. The molecule has 1 aromatic heterocycles. The van der Waals surface area contributed by atoms with Gasteiger partial charge < -0.3 is 15.0 Å². The lowest BCUT2D eigenvalue weighted by Gasteiger charge is -2.25. The molecular weight excluding hydrogens is 457 g/mol. The van der Waals surface area contributed by atoms with E-state index < -0.39 is 10.0 Å². The van der Waals surface area contributed by atoms with Crippen molar-refractivity contribution in [2.75, 3.05) is 33.4 Å². The zero-order valence-corrected chi connectivity index (χ0v) is 18.9. The van der Waals surface area contributed by atoms with Crippen molar-refractivity contribution < 1.29 is 17.9 Å². The average molecular weight is 478 g/mol. The third kappa shape index (κ3) is 5.62. The predicted octanol–water partition coefficient (Wildman–Crippen LogP) is 3.42. The van der Waals surface area contributed by atoms with Gasteiger partial charge in [-0.15, -0.1) is 11.3 Å². The number of hydrogen-bond acceptors (Lipinski definition) is 5. The third-order valence-electron chi connectivity index (χ3n) is 4.38. The van der Waals surface area contributed by atoms with E-state index in [2.05, 4.69) is 5.32 Å². The quantitative estimate of drug-likeness (QED) is 0.690. The highest BCUT2D eigenvalue weighted by molar-refractivity contribution is 7.91. The number of morpholine rings is 1. The Balaban J connectivity index is 1.56. The molecule has 0 bridgehead atoms. The van der Waals surface area contributed by atoms with Crippen LogP contribution in [0.4, 0.5) is 4.79 Å². The van der Waals surface area contributed by atoms with Gasteiger partial charge in [-0.3, -0.25) is 0 Å². The van der Waals surface area contributed by atoms with Crippen LogP contribution >= 0.6 is 34.5 Å². The minimum absolute atomic E-state index is 0.237. The van der Waals surface area contributed by atoms with Crippen LogP contribution in [0.15, 0.2) is 34.5 Å². The second-order valence-corrected chi connectivity index (χ2v) is 10.7. The van der Waals surface area contributed by atoms with Gasteiger partial charge in [0.2, 0.25) is 0 Å². The minimum atomic E-state index is -3.52. The fraction of sp³-hybridized carbons (Fsp3) is 0.389. The minimum Gasteiger partial charge on any atom is -0.379 e. The molecular formula is C18H21Cl2N3O4S2. The summed E-state index contributed by atoms with van der Waals surface area (Å²) in [5.74, 6) is 0. The molecule has 2 heterocycles. The molecule has 1 aliphatic heterocycles. The highest BCUT2D eigenvalue weighted by Gasteiger charge is 2.27. The van der Waals surface area contributed by atoms with Crippen LogP contribution in [0, 0.1) is 0 Å². The summed E-state index contributed by atoms with van der Waals surface area (Å²) in [5.41, 5.74) is 0.781. The summed E-state index contributed by atoms with van der Waals surface area (Å²) in [6, 6.07) is 8.13. The van der Waals surface area contributed by atoms with E-state index in [-0.39, 0.29) is 16.8 Å². The van der Waals surface area contributed by atoms with Crippen molar-refractivity contribution >= 4 is 50.6 Å². The topological polar surface area (TPSA) is 79.0 Å². The van der Waals surface area contributed by atoms with E-state index in [0.717, 1.165) is 21.8 Å². The Morgan fingerprint density at radius 2 is 1.97 bits per heavy atom. The molecule has 2 amide bonds. The molecule has 11 heteroatoms. The number of thiophene rings is 1. The van der Waals surface area contributed by atoms with Crippen molar-refractivity contribution in [3.05, 3.63) is 50.8 Å². The van der Waals surface area contributed by atoms with Gasteiger partial charge in [0.15, 0.2) is 0 Å². The van der Waals surface area contributed by atoms with Gasteiger partial charge >= 0.3 is 6.03 Å². The van der Waals surface area contributed by atoms with Gasteiger partial charge in [-0.1, -0.05) is 29.3 Å². The molecule has 1 N–H and O–H groups in total. The number of sulfonamides is 1. The van der Waals surface area contributed by atoms with E-state index in [4.69, 9.17) is 27.9 Å². The fourth-order valence-corrected chi connectivity index (χ4v) is 6.11. The number of benzene rings is 1. The van der Waals surface area contributed by atoms with Gasteiger partial charge in [0, 0.05) is 41.6 Å². The van der Waals surface area contributed by atoms with Crippen LogP contribution < -0.4 is 5.32 Å². The Hall–Kier alpha value is -1.36. The number of halogens is 2. The highest BCUT2D eigenvalue weighted by atomic mass is 35.5. The van der Waals surface area contributed by atoms with Crippen LogP contribution in [0.3, 0.4) is 0 Å². The molecule has 0 unspecified atom stereocenters. The van der Waals surface area contributed by atoms with Crippen LogP contribution in [0.5, 0.6) is 0 Å². The van der Waals surface area contributed by atoms with Crippen LogP contribution in [-0.4, -0.2) is 57.0 Å². The Labute approximate surface area is 184 Å². The highest BCUT2D eigenvalue weighted by Crippen LogP contribution is 2.26. The number of ether oxygens (including phenoxy) is 1. The zero-order valence-electron chi connectivity index (χ0n) is 15.7. The molecule has 0 radical (unpaired) electrons. The predicted molar refractivity (Wildman–Crippen MR) is 114 cm³/mol. The van der Waals surface area contributed by atoms with E-state index in [1.807, 2.05) is 0 Å². The monoisotopic (exact) mass is 477 g/mol. The van der Waals surface area contributed by atoms with Gasteiger partial charge in [-0.05, 0) is 29.8 Å². The normalized spacial score (nSPS) is 15.3. The van der Waals surface area contributed by atoms with E-state index in [9.17, 15) is 13.2 Å². The molecule has 0 spiro atoms. The Bertz CT molecular complexity index is 975. The number of urea groups is 1. The summed E-state index contributed by atoms with van der Waals surface area (Å²) in [7, 11) is -1.87. The van der Waals surface area contributed by atoms with Crippen molar-refractivity contribution in [2.24, 2.45) is 0 Å². The first-order valence-corrected chi connectivity index (χ1v) is 11.9. The first kappa shape index (κ1) is 22.3. The lowest BCUT2D eigenvalue weighted by Crippen LogP contribution is -2.40. The van der Waals surface area contributed by atoms with Crippen LogP contribution in [0.1, 0.15) is 10.4 Å². The van der Waals surface area contributed by atoms with Crippen molar-refractivity contribution in [2.45, 2.75) is 17.3 Å². The Kier molecular flexibility index (Phi) is 7.42. The van der Waals surface area contributed by atoms with Crippen molar-refractivity contribution in [1.82, 2.24) is 14.5 Å². The van der Waals surface area contributed by atoms with E-state index in [1.165, 1.54) is 9.21 Å². The average Bonchev–Trinajstić information content (AvgIpc) is 3.19. The molecule has 0 aliphatic carbocycles. The molecule has 1 saturated heterocycles. The number of hydrogen-bond donors (Lipinski definition) is 1. The van der Waals surface area contributed by atoms with Crippen molar-refractivity contribution in [3.8, 4) is 0 Å². The van der Waals surface area contributed by atoms with Gasteiger partial charge in [0.1, 0.15) is 4.21 Å². The molecule has 0 saturated carbocycles. The third-order valence-corrected chi connectivity index (χ3v) is 8.42. The van der Waals surface area contributed by atoms with Gasteiger partial charge in [0.25, 0.3) is 10.0 Å². The summed E-state index contributed by atoms with van der Waals surface area (Å²) in [5, 5.41) is 3.82. The van der Waals surface area contributed by atoms with E-state index in [1.54, 1.807) is 37.4 Å². The molecule has 7 nitrogen and oxygen atoms in total. The van der Waals surface area contributed by atoms with Gasteiger partial charge in [-0.25, -0.2) is 13.2 Å². The number of carbonyl (C=O) groups excluding carboxylic acids is 1. The van der Waals surface area contributed by atoms with Gasteiger partial charge in [0.05, 0.1) is 19.8 Å². The van der Waals surface area contributed by atoms with Crippen molar-refractivity contribution in [1.29, 1.82) is 0 Å². The number of carbonyl (C=O) groups is 1. The number of amides is 2. The molecule has 3 rings (SSSR count). The fourth-order valence-electron chi connectivity index (χ4n) is 2.78. The van der Waals surface area contributed by atoms with Crippen LogP contribution in [0.25, 0.3) is 0 Å². The van der Waals surface area contributed by atoms with Crippen molar-refractivity contribution in [3.63, 3.8) is 0 Å². The summed E-state index contributed by atoms with van der Waals surface area (Å²) >= 11 is 13.2. The maximum atomic E-state index is 12.7. The maximum absolute atomic E-state index is 12.7. The second kappa shape index (κ2) is 9.63. The lowest BCUT2D eigenvalue weighted by molar-refractivity contribution is 0.0731. The molecule has 0 atom stereocenters. The molecule has 2 aromatic rings. The molecule has 1 aliphatic rings. The Morgan fingerprint density at radius 1 is 1.24 bits per heavy atom. The molecule has 1 aromatic carbocycles. The Morgan fingerprint density at radius 3 is 2.66 bits per heavy atom. The summed E-state index contributed by atoms with van der Waals surface area (Å²) in [6.07, 6.45) is 0. The van der Waals surface area contributed by atoms with Gasteiger partial charge in [-0.2, -0.15) is 4.31 Å². The maximum Gasteiger partial charge on any atom is 0.317 e. The first-order chi connectivity index (χ1) is 13.8. The second-order valence-electron chi connectivity index (χ2n) is 6.49. The van der Waals surface area contributed by atoms with E-state index in [0.29, 0.717) is 42.9 Å². The SMILES string of the molecule is CN(Cc1ccc(Cl)cc1Cl)C(=O)NCc1ccc(S(=O)(=O)N2CCOCC2)s1. The van der Waals surface area contributed by atoms with E-state index >= 15 is 0 Å². The largest absolute Gasteiger partial charge is 0.379 e. The molecule has 29 heavy (non-hydrogen) atoms. The number of nitrogens with zero attached hydrogens (tertiary/aromatic N) is 2. The number of rotatable bonds is 6. The molecule has 158 valence electrons. The summed E-state index contributed by atoms with van der Waals surface area (Å²) in [4.78, 5) is 14.6. The molecule has 1 fully saturated rings. The van der Waals surface area contributed by atoms with Crippen LogP contribution in [0.2, 0.25) is 10.0 Å². The summed E-state index contributed by atoms with van der Waals surface area (Å²) in [6.45, 7) is 2.06. The standard InChI is InChI=1S/C18H21Cl2N3O4S2/c1-22(12-13-2-3-14(19)10-16(13)20)18(24)21-11-15-4-5-17(28-15)29(25,26)23-6-8-27-9-7-23/h2-5,10H,6-9,11-12H2,1H3,(H,21,24). The number of nitrogens with one attached hydrogen (secondary N) is 1.